The van der Waals surface area contributed by atoms with Crippen LogP contribution >= 0.6 is 0 Å². The molecule has 700 valence electrons. The number of anilines is 1. The first kappa shape index (κ1) is 110. The van der Waals surface area contributed by atoms with Gasteiger partial charge < -0.3 is 39.2 Å². The van der Waals surface area contributed by atoms with Gasteiger partial charge in [-0.1, -0.05) is 176 Å². The summed E-state index contributed by atoms with van der Waals surface area (Å²) >= 11 is 0. The van der Waals surface area contributed by atoms with Crippen LogP contribution in [-0.4, -0.2) is 80.2 Å². The molecule has 123 heavy (non-hydrogen) atoms. The molecule has 0 aliphatic heterocycles. The first-order chi connectivity index (χ1) is 56.9. The van der Waals surface area contributed by atoms with Gasteiger partial charge in [-0.05, 0) is 357 Å². The molecule has 0 aromatic heterocycles. The number of hydrogen-bond donors (Lipinski definition) is 4. The van der Waals surface area contributed by atoms with Crippen LogP contribution in [-0.2, 0) is 57.3 Å². The summed E-state index contributed by atoms with van der Waals surface area (Å²) in [6.07, 6.45) is 30.8. The maximum atomic E-state index is 12.7. The Balaban J connectivity index is 0.000000365. The molecule has 17 heteroatoms. The van der Waals surface area contributed by atoms with Crippen LogP contribution in [0.4, 0.5) is 5.69 Å². The van der Waals surface area contributed by atoms with Gasteiger partial charge in [-0.15, -0.1) is 0 Å². The zero-order chi connectivity index (χ0) is 93.8. The number of imide groups is 1. The summed E-state index contributed by atoms with van der Waals surface area (Å²) in [5.41, 5.74) is -1.41. The van der Waals surface area contributed by atoms with E-state index in [2.05, 4.69) is 79.9 Å². The van der Waals surface area contributed by atoms with Gasteiger partial charge in [0.15, 0.2) is 0 Å². The van der Waals surface area contributed by atoms with Crippen LogP contribution in [0.2, 0.25) is 0 Å². The van der Waals surface area contributed by atoms with Crippen molar-refractivity contribution in [3.05, 3.63) is 84.4 Å². The predicted octanol–water partition coefficient (Wildman–Crippen LogP) is 27.3. The van der Waals surface area contributed by atoms with Crippen LogP contribution < -0.4 is 15.4 Å². The fraction of sp³-hybridized carbons (Fsp3) is 0.755. The fourth-order valence-electron chi connectivity index (χ4n) is 16.7. The zero-order valence-electron chi connectivity index (χ0n) is 83.3. The highest BCUT2D eigenvalue weighted by Crippen LogP contribution is 2.60. The van der Waals surface area contributed by atoms with Crippen LogP contribution in [0.5, 0.6) is 17.2 Å². The molecule has 3 aromatic carbocycles. The van der Waals surface area contributed by atoms with E-state index in [9.17, 15) is 38.4 Å². The van der Waals surface area contributed by atoms with Crippen LogP contribution in [0, 0.1) is 84.7 Å². The maximum absolute atomic E-state index is 12.7. The molecule has 0 heterocycles. The standard InChI is InChI=1S/C17H27NO2.4C14H26O2.C12H16O3.C11H15NO.C10H14O/c1-4-16(2,3)14(19)18-15(20)17-8-11-5-12(9-17)7-13(6-11)10-17;4*1-6-13(4,5)12(15)16-14(11(2)3)9-7-8-10-14;1-4-12(2,3)11(14)15-10-7-5-9(13)6-8-10;1-11(2,3)10(13)12-9-7-5-4-6-8-9;1-3-8(2)9-4-6-10(11)7-5-9/h11-13H,4-10H2,1-3H3,(H,18,19,20);4*11H,6-10H2,1-5H3;5-8,13H,4H2,1-3H3;4-8H,1-3H3,(H,12,13);4-8,11H,3H2,1-2H3. The summed E-state index contributed by atoms with van der Waals surface area (Å²) < 4.78 is 28.7. The average molecular weight is 1720 g/mol. The van der Waals surface area contributed by atoms with Gasteiger partial charge in [0.25, 0.3) is 0 Å². The van der Waals surface area contributed by atoms with E-state index in [0.717, 1.165) is 139 Å². The summed E-state index contributed by atoms with van der Waals surface area (Å²) in [6, 6.07) is 23.0. The molecule has 0 spiro atoms. The fourth-order valence-corrected chi connectivity index (χ4v) is 16.7. The minimum atomic E-state index is -0.474. The van der Waals surface area contributed by atoms with Crippen molar-refractivity contribution in [2.75, 3.05) is 5.32 Å². The SMILES string of the molecule is CC(C)(C)C(=O)Nc1ccccc1.CCC(C)(C)C(=O)NC(=O)C12CC3CC(CC(C3)C1)C2.CCC(C)(C)C(=O)OC1(C(C)C)CCCC1.CCC(C)(C)C(=O)OC1(C(C)C)CCCC1.CCC(C)(C)C(=O)OC1(C(C)C)CCCC1.CCC(C)(C)C(=O)OC1(C(C)C)CCCC1.CCC(C)(C)C(=O)Oc1ccc(O)cc1.CCC(C)c1ccc(O)cc1. The van der Waals surface area contributed by atoms with Crippen molar-refractivity contribution < 1.29 is 72.3 Å². The highest BCUT2D eigenvalue weighted by molar-refractivity contribution is 6.00. The number of hydrogen-bond acceptors (Lipinski definition) is 15. The minimum absolute atomic E-state index is 0.0226. The number of esters is 5. The van der Waals surface area contributed by atoms with Crippen molar-refractivity contribution in [3.63, 3.8) is 0 Å². The average Bonchev–Trinajstić information content (AvgIpc) is 1.13. The van der Waals surface area contributed by atoms with Crippen LogP contribution in [0.25, 0.3) is 0 Å². The summed E-state index contributed by atoms with van der Waals surface area (Å²) in [5.74, 6) is 5.09. The van der Waals surface area contributed by atoms with Crippen LogP contribution in [0.15, 0.2) is 78.9 Å². The number of para-hydroxylation sites is 1. The Hall–Kier alpha value is -6.78. The van der Waals surface area contributed by atoms with Crippen molar-refractivity contribution in [2.24, 2.45) is 84.7 Å². The Bertz CT molecular complexity index is 3460. The normalized spacial score (nSPS) is 20.5. The molecule has 8 aliphatic carbocycles. The van der Waals surface area contributed by atoms with Gasteiger partial charge in [-0.2, -0.15) is 0 Å². The van der Waals surface area contributed by atoms with Gasteiger partial charge in [-0.3, -0.25) is 43.7 Å². The monoisotopic (exact) mass is 1720 g/mol. The molecule has 17 nitrogen and oxygen atoms in total. The van der Waals surface area contributed by atoms with Gasteiger partial charge in [-0.25, -0.2) is 0 Å². The van der Waals surface area contributed by atoms with Crippen molar-refractivity contribution in [3.8, 4) is 17.2 Å². The van der Waals surface area contributed by atoms with Crippen LogP contribution in [0.3, 0.4) is 0 Å². The Labute approximate surface area is 747 Å². The van der Waals surface area contributed by atoms with E-state index in [-0.39, 0.29) is 108 Å². The molecule has 8 aliphatic rings. The molecule has 4 bridgehead atoms. The third-order valence-electron chi connectivity index (χ3n) is 29.5. The van der Waals surface area contributed by atoms with E-state index in [4.69, 9.17) is 33.9 Å². The predicted molar refractivity (Wildman–Crippen MR) is 502 cm³/mol. The highest BCUT2D eigenvalue weighted by Gasteiger charge is 2.56. The zero-order valence-corrected chi connectivity index (χ0v) is 83.3. The van der Waals surface area contributed by atoms with E-state index in [1.165, 1.54) is 88.3 Å². The van der Waals surface area contributed by atoms with Crippen LogP contribution in [0.1, 0.15) is 412 Å². The number of amides is 3. The number of benzene rings is 3. The second-order valence-corrected chi connectivity index (χ2v) is 43.5. The van der Waals surface area contributed by atoms with E-state index in [1.54, 1.807) is 24.3 Å². The van der Waals surface area contributed by atoms with Gasteiger partial charge in [0, 0.05) is 16.5 Å². The molecule has 8 saturated carbocycles. The number of nitrogens with one attached hydrogen (secondary N) is 2. The summed E-state index contributed by atoms with van der Waals surface area (Å²) in [6.45, 7) is 62.7. The van der Waals surface area contributed by atoms with E-state index >= 15 is 0 Å². The second-order valence-electron chi connectivity index (χ2n) is 43.5. The number of phenols is 2. The summed E-state index contributed by atoms with van der Waals surface area (Å²) in [5, 5.41) is 23.7. The molecule has 4 N–H and O–H groups in total. The molecular weight excluding hydrogens is 1540 g/mol. The number of carbonyl (C=O) groups excluding carboxylic acids is 8. The Kier molecular flexibility index (Phi) is 43.0. The van der Waals surface area contributed by atoms with Gasteiger partial charge in [0.05, 0.1) is 32.5 Å². The van der Waals surface area contributed by atoms with Crippen molar-refractivity contribution >= 4 is 53.3 Å². The smallest absolute Gasteiger partial charge is 0.316 e. The third kappa shape index (κ3) is 32.8. The van der Waals surface area contributed by atoms with Crippen molar-refractivity contribution in [1.82, 2.24) is 5.32 Å². The quantitative estimate of drug-likeness (QED) is 0.0350. The summed E-state index contributed by atoms with van der Waals surface area (Å²) in [7, 11) is 0. The maximum Gasteiger partial charge on any atom is 0.316 e. The Morgan fingerprint density at radius 3 is 0.886 bits per heavy atom. The largest absolute Gasteiger partial charge is 0.508 e. The highest BCUT2D eigenvalue weighted by atomic mass is 16.6. The third-order valence-corrected chi connectivity index (χ3v) is 29.5. The number of carbonyl (C=O) groups is 8. The van der Waals surface area contributed by atoms with Gasteiger partial charge in [0.1, 0.15) is 39.7 Å². The topological polar surface area (TPSA) is 247 Å². The molecule has 3 aromatic rings. The van der Waals surface area contributed by atoms with Crippen molar-refractivity contribution in [2.45, 2.75) is 429 Å². The number of rotatable bonds is 25. The lowest BCUT2D eigenvalue weighted by atomic mass is 9.49. The van der Waals surface area contributed by atoms with E-state index in [1.807, 2.05) is 188 Å². The lowest BCUT2D eigenvalue weighted by molar-refractivity contribution is -0.176. The first-order valence-electron chi connectivity index (χ1n) is 47.9. The molecule has 1 unspecified atom stereocenters. The number of aromatic hydroxyl groups is 2. The Morgan fingerprint density at radius 2 is 0.634 bits per heavy atom. The number of ether oxygens (including phenoxy) is 5. The molecule has 3 amide bonds. The van der Waals surface area contributed by atoms with E-state index in [0.29, 0.717) is 41.1 Å². The van der Waals surface area contributed by atoms with Gasteiger partial charge >= 0.3 is 29.8 Å². The molecule has 0 radical (unpaired) electrons. The number of phenolic OH excluding ortho intramolecular Hbond substituents is 2. The molecule has 1 atom stereocenters. The first-order valence-corrected chi connectivity index (χ1v) is 47.9. The van der Waals surface area contributed by atoms with E-state index < -0.39 is 10.8 Å². The molecule has 11 rings (SSSR count). The second kappa shape index (κ2) is 47.9. The summed E-state index contributed by atoms with van der Waals surface area (Å²) in [4.78, 5) is 96.8. The van der Waals surface area contributed by atoms with Gasteiger partial charge in [0.2, 0.25) is 17.7 Å². The van der Waals surface area contributed by atoms with Crippen molar-refractivity contribution in [1.29, 1.82) is 0 Å². The lowest BCUT2D eigenvalue weighted by Crippen LogP contribution is -2.55. The minimum Gasteiger partial charge on any atom is -0.508 e. The lowest BCUT2D eigenvalue weighted by Gasteiger charge is -2.55. The Morgan fingerprint density at radius 1 is 0.366 bits per heavy atom. The molecule has 0 saturated heterocycles. The molecule has 8 fully saturated rings. The molecular formula is C106H176N2O15.